The van der Waals surface area contributed by atoms with Gasteiger partial charge in [0.05, 0.1) is 26.7 Å². The van der Waals surface area contributed by atoms with Crippen LogP contribution < -0.4 is 15.2 Å². The first kappa shape index (κ1) is 16.7. The van der Waals surface area contributed by atoms with Crippen molar-refractivity contribution >= 4 is 16.7 Å². The molecule has 1 atom stereocenters. The number of rotatable bonds is 6. The Morgan fingerprint density at radius 1 is 1.16 bits per heavy atom. The molecule has 3 N–H and O–H groups in total. The van der Waals surface area contributed by atoms with Gasteiger partial charge in [-0.05, 0) is 23.8 Å². The molecule has 0 saturated heterocycles. The molecule has 0 radical (unpaired) electrons. The summed E-state index contributed by atoms with van der Waals surface area (Å²) < 4.78 is 12.3. The van der Waals surface area contributed by atoms with Gasteiger partial charge in [-0.15, -0.1) is 0 Å². The molecule has 3 rings (SSSR count). The van der Waals surface area contributed by atoms with Gasteiger partial charge < -0.3 is 24.9 Å². The summed E-state index contributed by atoms with van der Waals surface area (Å²) in [6.07, 6.45) is 1.86. The topological polar surface area (TPSA) is 86.7 Å². The average molecular weight is 340 g/mol. The number of hydrogen-bond donors (Lipinski definition) is 2. The standard InChI is InChI=1S/C19H20N2O4/c1-24-16-8-7-12(9-17(16)25-2)15(10-18(20)22)21-11-13-5-3-4-6-14(13)19(21)23/h3-9,11,15,23H,10H2,1-2H3,(H2,20,22). The van der Waals surface area contributed by atoms with E-state index in [0.29, 0.717) is 11.5 Å². The van der Waals surface area contributed by atoms with E-state index in [1.54, 1.807) is 30.9 Å². The Balaban J connectivity index is 2.14. The number of amides is 1. The number of aromatic nitrogens is 1. The number of primary amides is 1. The molecule has 25 heavy (non-hydrogen) atoms. The van der Waals surface area contributed by atoms with E-state index in [-0.39, 0.29) is 12.3 Å². The molecule has 0 bridgehead atoms. The highest BCUT2D eigenvalue weighted by Gasteiger charge is 2.22. The van der Waals surface area contributed by atoms with E-state index in [4.69, 9.17) is 15.2 Å². The summed E-state index contributed by atoms with van der Waals surface area (Å²) in [5.41, 5.74) is 6.23. The maximum atomic E-state index is 11.6. The van der Waals surface area contributed by atoms with Gasteiger partial charge in [0.1, 0.15) is 0 Å². The van der Waals surface area contributed by atoms with Gasteiger partial charge in [0.25, 0.3) is 0 Å². The maximum Gasteiger partial charge on any atom is 0.219 e. The number of carbonyl (C=O) groups is 1. The molecular formula is C19H20N2O4. The zero-order valence-electron chi connectivity index (χ0n) is 14.1. The van der Waals surface area contributed by atoms with Crippen LogP contribution in [-0.2, 0) is 4.79 Å². The smallest absolute Gasteiger partial charge is 0.219 e. The lowest BCUT2D eigenvalue weighted by Crippen LogP contribution is -2.20. The highest BCUT2D eigenvalue weighted by molar-refractivity contribution is 5.88. The van der Waals surface area contributed by atoms with Gasteiger partial charge in [-0.25, -0.2) is 0 Å². The lowest BCUT2D eigenvalue weighted by atomic mass is 10.0. The Hall–Kier alpha value is -3.15. The van der Waals surface area contributed by atoms with Crippen LogP contribution in [0.1, 0.15) is 18.0 Å². The average Bonchev–Trinajstić information content (AvgIpc) is 2.96. The number of benzene rings is 2. The number of nitrogens with two attached hydrogens (primary N) is 1. The number of nitrogens with zero attached hydrogens (tertiary/aromatic N) is 1. The van der Waals surface area contributed by atoms with Crippen LogP contribution in [0.5, 0.6) is 17.4 Å². The lowest BCUT2D eigenvalue weighted by molar-refractivity contribution is -0.118. The van der Waals surface area contributed by atoms with E-state index in [0.717, 1.165) is 16.3 Å². The number of hydrogen-bond acceptors (Lipinski definition) is 4. The van der Waals surface area contributed by atoms with E-state index in [9.17, 15) is 9.90 Å². The van der Waals surface area contributed by atoms with Gasteiger partial charge in [0, 0.05) is 17.0 Å². The molecule has 0 saturated carbocycles. The van der Waals surface area contributed by atoms with Crippen LogP contribution in [0.2, 0.25) is 0 Å². The SMILES string of the molecule is COc1ccc(C(CC(N)=O)n2cc3ccccc3c2O)cc1OC. The van der Waals surface area contributed by atoms with Crippen molar-refractivity contribution in [1.82, 2.24) is 4.57 Å². The summed E-state index contributed by atoms with van der Waals surface area (Å²) in [5.74, 6) is 0.769. The van der Waals surface area contributed by atoms with Crippen molar-refractivity contribution < 1.29 is 19.4 Å². The van der Waals surface area contributed by atoms with Gasteiger partial charge >= 0.3 is 0 Å². The summed E-state index contributed by atoms with van der Waals surface area (Å²) in [7, 11) is 3.11. The highest BCUT2D eigenvalue weighted by atomic mass is 16.5. The molecule has 0 spiro atoms. The Labute approximate surface area is 145 Å². The molecule has 6 nitrogen and oxygen atoms in total. The van der Waals surface area contributed by atoms with Crippen molar-refractivity contribution in [3.8, 4) is 17.4 Å². The first-order valence-electron chi connectivity index (χ1n) is 7.84. The predicted molar refractivity (Wildman–Crippen MR) is 95.1 cm³/mol. The molecule has 1 aromatic heterocycles. The third kappa shape index (κ3) is 3.10. The Morgan fingerprint density at radius 3 is 2.52 bits per heavy atom. The zero-order chi connectivity index (χ0) is 18.0. The van der Waals surface area contributed by atoms with E-state index in [1.165, 1.54) is 0 Å². The van der Waals surface area contributed by atoms with Crippen LogP contribution in [0.15, 0.2) is 48.7 Å². The van der Waals surface area contributed by atoms with Gasteiger partial charge in [-0.1, -0.05) is 24.3 Å². The number of methoxy groups -OCH3 is 2. The molecule has 0 aliphatic heterocycles. The van der Waals surface area contributed by atoms with Crippen molar-refractivity contribution in [2.75, 3.05) is 14.2 Å². The number of aromatic hydroxyl groups is 1. The Morgan fingerprint density at radius 2 is 1.88 bits per heavy atom. The van der Waals surface area contributed by atoms with Crippen LogP contribution >= 0.6 is 0 Å². The van der Waals surface area contributed by atoms with E-state index in [2.05, 4.69) is 0 Å². The quantitative estimate of drug-likeness (QED) is 0.722. The molecule has 1 amide bonds. The first-order chi connectivity index (χ1) is 12.0. The number of carbonyl (C=O) groups excluding carboxylic acids is 1. The molecule has 1 unspecified atom stereocenters. The Kier molecular flexibility index (Phi) is 4.52. The van der Waals surface area contributed by atoms with Gasteiger partial charge in [0.15, 0.2) is 17.4 Å². The molecular weight excluding hydrogens is 320 g/mol. The molecule has 0 aliphatic carbocycles. The van der Waals surface area contributed by atoms with Crippen molar-refractivity contribution in [3.05, 3.63) is 54.2 Å². The molecule has 0 aliphatic rings. The molecule has 6 heteroatoms. The van der Waals surface area contributed by atoms with Gasteiger partial charge in [-0.2, -0.15) is 0 Å². The van der Waals surface area contributed by atoms with Crippen molar-refractivity contribution in [2.24, 2.45) is 5.73 Å². The summed E-state index contributed by atoms with van der Waals surface area (Å²) >= 11 is 0. The highest BCUT2D eigenvalue weighted by Crippen LogP contribution is 2.37. The fourth-order valence-electron chi connectivity index (χ4n) is 3.03. The molecule has 0 fully saturated rings. The van der Waals surface area contributed by atoms with E-state index < -0.39 is 11.9 Å². The molecule has 1 heterocycles. The second-order valence-electron chi connectivity index (χ2n) is 5.75. The van der Waals surface area contributed by atoms with Crippen LogP contribution in [0.4, 0.5) is 0 Å². The fourth-order valence-corrected chi connectivity index (χ4v) is 3.03. The van der Waals surface area contributed by atoms with Crippen LogP contribution in [0, 0.1) is 0 Å². The second kappa shape index (κ2) is 6.76. The second-order valence-corrected chi connectivity index (χ2v) is 5.75. The van der Waals surface area contributed by atoms with E-state index in [1.807, 2.05) is 36.5 Å². The van der Waals surface area contributed by atoms with Crippen LogP contribution in [0.3, 0.4) is 0 Å². The predicted octanol–water partition coefficient (Wildman–Crippen LogP) is 2.83. The number of ether oxygens (including phenoxy) is 2. The number of fused-ring (bicyclic) bond motifs is 1. The molecule has 130 valence electrons. The molecule has 3 aromatic rings. The third-order valence-electron chi connectivity index (χ3n) is 4.25. The lowest BCUT2D eigenvalue weighted by Gasteiger charge is -2.20. The van der Waals surface area contributed by atoms with Crippen molar-refractivity contribution in [3.63, 3.8) is 0 Å². The summed E-state index contributed by atoms with van der Waals surface area (Å²) in [6, 6.07) is 12.4. The maximum absolute atomic E-state index is 11.6. The van der Waals surface area contributed by atoms with E-state index >= 15 is 0 Å². The molecule has 2 aromatic carbocycles. The summed E-state index contributed by atoms with van der Waals surface area (Å²) in [5, 5.41) is 12.2. The monoisotopic (exact) mass is 340 g/mol. The third-order valence-corrected chi connectivity index (χ3v) is 4.25. The largest absolute Gasteiger partial charge is 0.494 e. The van der Waals surface area contributed by atoms with Gasteiger partial charge in [0.2, 0.25) is 5.91 Å². The fraction of sp³-hybridized carbons (Fsp3) is 0.211. The minimum Gasteiger partial charge on any atom is -0.494 e. The van der Waals surface area contributed by atoms with Crippen molar-refractivity contribution in [2.45, 2.75) is 12.5 Å². The Bertz CT molecular complexity index is 917. The summed E-state index contributed by atoms with van der Waals surface area (Å²) in [4.78, 5) is 11.6. The van der Waals surface area contributed by atoms with Crippen LogP contribution in [-0.4, -0.2) is 29.8 Å². The van der Waals surface area contributed by atoms with Gasteiger partial charge in [-0.3, -0.25) is 4.79 Å². The minimum atomic E-state index is -0.461. The first-order valence-corrected chi connectivity index (χ1v) is 7.84. The zero-order valence-corrected chi connectivity index (χ0v) is 14.1. The summed E-state index contributed by atoms with van der Waals surface area (Å²) in [6.45, 7) is 0. The minimum absolute atomic E-state index is 0.0457. The van der Waals surface area contributed by atoms with Crippen molar-refractivity contribution in [1.29, 1.82) is 0 Å². The van der Waals surface area contributed by atoms with Crippen LogP contribution in [0.25, 0.3) is 10.8 Å². The normalized spacial score (nSPS) is 12.1.